The lowest BCUT2D eigenvalue weighted by atomic mass is 10.2. The Morgan fingerprint density at radius 1 is 1.28 bits per heavy atom. The molecular formula is C18H26N4O3. The van der Waals surface area contributed by atoms with Crippen LogP contribution in [-0.2, 0) is 9.53 Å². The lowest BCUT2D eigenvalue weighted by Gasteiger charge is -2.26. The summed E-state index contributed by atoms with van der Waals surface area (Å²) < 4.78 is 5.19. The number of nitrogens with one attached hydrogen (secondary N) is 1. The Labute approximate surface area is 148 Å². The van der Waals surface area contributed by atoms with Gasteiger partial charge in [-0.15, -0.1) is 0 Å². The van der Waals surface area contributed by atoms with E-state index < -0.39 is 0 Å². The molecule has 2 rings (SSSR count). The lowest BCUT2D eigenvalue weighted by Crippen LogP contribution is -2.45. The van der Waals surface area contributed by atoms with Gasteiger partial charge in [-0.3, -0.25) is 9.59 Å². The number of amides is 2. The normalized spacial score (nSPS) is 13.1. The van der Waals surface area contributed by atoms with Gasteiger partial charge in [-0.1, -0.05) is 20.4 Å². The first-order valence-electron chi connectivity index (χ1n) is 8.28. The number of morpholine rings is 1. The molecule has 0 unspecified atom stereocenters. The predicted molar refractivity (Wildman–Crippen MR) is 99.7 cm³/mol. The van der Waals surface area contributed by atoms with Crippen LogP contribution in [0.1, 0.15) is 24.2 Å². The number of rotatable bonds is 6. The lowest BCUT2D eigenvalue weighted by molar-refractivity contribution is -0.134. The molecule has 136 valence electrons. The molecule has 1 fully saturated rings. The van der Waals surface area contributed by atoms with Crippen LogP contribution in [0.5, 0.6) is 0 Å². The Kier molecular flexibility index (Phi) is 8.95. The number of benzene rings is 1. The highest BCUT2D eigenvalue weighted by Gasteiger charge is 2.17. The van der Waals surface area contributed by atoms with E-state index in [2.05, 4.69) is 23.7 Å². The average molecular weight is 346 g/mol. The second-order valence-corrected chi connectivity index (χ2v) is 4.89. The highest BCUT2D eigenvalue weighted by Crippen LogP contribution is 2.15. The largest absolute Gasteiger partial charge is 0.378 e. The first-order valence-corrected chi connectivity index (χ1v) is 8.28. The van der Waals surface area contributed by atoms with Gasteiger partial charge in [0.15, 0.2) is 0 Å². The van der Waals surface area contributed by atoms with E-state index in [-0.39, 0.29) is 18.4 Å². The zero-order valence-electron chi connectivity index (χ0n) is 14.9. The van der Waals surface area contributed by atoms with Gasteiger partial charge < -0.3 is 15.0 Å². The molecule has 25 heavy (non-hydrogen) atoms. The van der Waals surface area contributed by atoms with Crippen molar-refractivity contribution in [2.45, 2.75) is 13.8 Å². The summed E-state index contributed by atoms with van der Waals surface area (Å²) in [6, 6.07) is 6.78. The van der Waals surface area contributed by atoms with Crippen LogP contribution in [0.15, 0.2) is 42.1 Å². The van der Waals surface area contributed by atoms with Crippen molar-refractivity contribution in [1.29, 1.82) is 0 Å². The third-order valence-electron chi connectivity index (χ3n) is 3.48. The number of hydrogen-bond acceptors (Lipinski definition) is 5. The van der Waals surface area contributed by atoms with E-state index in [1.807, 2.05) is 13.8 Å². The van der Waals surface area contributed by atoms with Crippen LogP contribution in [0.25, 0.3) is 0 Å². The standard InChI is InChI=1S/C16H20N4O3.C2H6/c1-3-20(17-2)14-6-4-13(5-7-14)16(22)18-12-15(21)19-8-10-23-11-9-19;1-2/h3-7H,1-2,8-12H2,(H,18,22);1-2H3. The van der Waals surface area contributed by atoms with Crippen molar-refractivity contribution in [3.8, 4) is 0 Å². The third-order valence-corrected chi connectivity index (χ3v) is 3.48. The highest BCUT2D eigenvalue weighted by molar-refractivity contribution is 5.96. The summed E-state index contributed by atoms with van der Waals surface area (Å²) >= 11 is 0. The Balaban J connectivity index is 0.00000151. The van der Waals surface area contributed by atoms with Crippen LogP contribution in [0.2, 0.25) is 0 Å². The number of hydrazone groups is 1. The van der Waals surface area contributed by atoms with Crippen LogP contribution in [0.4, 0.5) is 5.69 Å². The van der Waals surface area contributed by atoms with Crippen molar-refractivity contribution < 1.29 is 14.3 Å². The van der Waals surface area contributed by atoms with Crippen molar-refractivity contribution in [3.05, 3.63) is 42.6 Å². The zero-order valence-corrected chi connectivity index (χ0v) is 14.9. The Morgan fingerprint density at radius 2 is 1.88 bits per heavy atom. The minimum atomic E-state index is -0.296. The summed E-state index contributed by atoms with van der Waals surface area (Å²) in [5.74, 6) is -0.401. The number of hydrogen-bond donors (Lipinski definition) is 1. The number of carbonyl (C=O) groups is 2. The van der Waals surface area contributed by atoms with Gasteiger partial charge in [0.2, 0.25) is 5.91 Å². The van der Waals surface area contributed by atoms with Crippen molar-refractivity contribution in [2.75, 3.05) is 37.9 Å². The molecule has 0 atom stereocenters. The third kappa shape index (κ3) is 6.04. The molecule has 1 N–H and O–H groups in total. The molecule has 2 amide bonds. The summed E-state index contributed by atoms with van der Waals surface area (Å²) in [5, 5.41) is 7.89. The molecule has 1 aromatic carbocycles. The summed E-state index contributed by atoms with van der Waals surface area (Å²) in [4.78, 5) is 25.7. The Hall–Kier alpha value is -2.67. The second kappa shape index (κ2) is 11.0. The quantitative estimate of drug-likeness (QED) is 0.630. The molecule has 1 saturated heterocycles. The molecular weight excluding hydrogens is 320 g/mol. The van der Waals surface area contributed by atoms with Gasteiger partial charge in [0, 0.05) is 31.6 Å². The van der Waals surface area contributed by atoms with E-state index in [9.17, 15) is 9.59 Å². The molecule has 1 aliphatic rings. The van der Waals surface area contributed by atoms with Crippen LogP contribution < -0.4 is 10.3 Å². The fourth-order valence-electron chi connectivity index (χ4n) is 2.19. The summed E-state index contributed by atoms with van der Waals surface area (Å²) in [7, 11) is 0. The molecule has 0 spiro atoms. The predicted octanol–water partition coefficient (Wildman–Crippen LogP) is 1.87. The first kappa shape index (κ1) is 20.4. The maximum atomic E-state index is 12.1. The van der Waals surface area contributed by atoms with Gasteiger partial charge >= 0.3 is 0 Å². The molecule has 1 heterocycles. The van der Waals surface area contributed by atoms with Gasteiger partial charge in [0.1, 0.15) is 0 Å². The van der Waals surface area contributed by atoms with Gasteiger partial charge in [-0.25, -0.2) is 5.01 Å². The second-order valence-electron chi connectivity index (χ2n) is 4.89. The summed E-state index contributed by atoms with van der Waals surface area (Å²) in [6.07, 6.45) is 1.52. The van der Waals surface area contributed by atoms with Gasteiger partial charge in [0.05, 0.1) is 25.4 Å². The van der Waals surface area contributed by atoms with E-state index in [1.54, 1.807) is 29.2 Å². The van der Waals surface area contributed by atoms with Crippen molar-refractivity contribution in [3.63, 3.8) is 0 Å². The van der Waals surface area contributed by atoms with E-state index in [1.165, 1.54) is 11.2 Å². The van der Waals surface area contributed by atoms with Crippen LogP contribution in [0.3, 0.4) is 0 Å². The number of carbonyl (C=O) groups excluding carboxylic acids is 2. The Morgan fingerprint density at radius 3 is 2.40 bits per heavy atom. The SMILES string of the molecule is C=CN(N=C)c1ccc(C(=O)NCC(=O)N2CCOCC2)cc1.CC. The van der Waals surface area contributed by atoms with Crippen molar-refractivity contribution >= 4 is 24.2 Å². The molecule has 1 aliphatic heterocycles. The smallest absolute Gasteiger partial charge is 0.251 e. The molecule has 0 saturated carbocycles. The van der Waals surface area contributed by atoms with Gasteiger partial charge in [-0.2, -0.15) is 5.10 Å². The topological polar surface area (TPSA) is 74.2 Å². The number of anilines is 1. The van der Waals surface area contributed by atoms with Gasteiger partial charge in [0.25, 0.3) is 5.91 Å². The van der Waals surface area contributed by atoms with E-state index in [0.717, 1.165) is 5.69 Å². The number of ether oxygens (including phenoxy) is 1. The fourth-order valence-corrected chi connectivity index (χ4v) is 2.19. The molecule has 7 heteroatoms. The molecule has 0 aliphatic carbocycles. The maximum Gasteiger partial charge on any atom is 0.251 e. The monoisotopic (exact) mass is 346 g/mol. The fraction of sp³-hybridized carbons (Fsp3) is 0.389. The zero-order chi connectivity index (χ0) is 18.7. The molecule has 1 aromatic rings. The summed E-state index contributed by atoms with van der Waals surface area (Å²) in [5.41, 5.74) is 1.22. The number of nitrogens with zero attached hydrogens (tertiary/aromatic N) is 3. The maximum absolute atomic E-state index is 12.1. The van der Waals surface area contributed by atoms with E-state index in [4.69, 9.17) is 4.74 Å². The van der Waals surface area contributed by atoms with Crippen LogP contribution in [-0.4, -0.2) is 56.3 Å². The molecule has 0 radical (unpaired) electrons. The van der Waals surface area contributed by atoms with Crippen LogP contribution in [0, 0.1) is 0 Å². The van der Waals surface area contributed by atoms with Gasteiger partial charge in [-0.05, 0) is 24.3 Å². The molecule has 0 bridgehead atoms. The minimum Gasteiger partial charge on any atom is -0.378 e. The van der Waals surface area contributed by atoms with Crippen molar-refractivity contribution in [1.82, 2.24) is 10.2 Å². The average Bonchev–Trinajstić information content (AvgIpc) is 2.69. The first-order chi connectivity index (χ1) is 12.2. The van der Waals surface area contributed by atoms with Crippen molar-refractivity contribution in [2.24, 2.45) is 5.10 Å². The van der Waals surface area contributed by atoms with E-state index >= 15 is 0 Å². The summed E-state index contributed by atoms with van der Waals surface area (Å²) in [6.45, 7) is 13.2. The Bertz CT molecular complexity index is 572. The van der Waals surface area contributed by atoms with E-state index in [0.29, 0.717) is 31.9 Å². The molecule has 7 nitrogen and oxygen atoms in total. The highest BCUT2D eigenvalue weighted by atomic mass is 16.5. The minimum absolute atomic E-state index is 0.0203. The van der Waals surface area contributed by atoms with Crippen LogP contribution >= 0.6 is 0 Å². The molecule has 0 aromatic heterocycles.